The fourth-order valence-corrected chi connectivity index (χ4v) is 0.704. The highest BCUT2D eigenvalue weighted by Crippen LogP contribution is 1.97. The van der Waals surface area contributed by atoms with Crippen molar-refractivity contribution in [1.29, 1.82) is 0 Å². The van der Waals surface area contributed by atoms with Crippen molar-refractivity contribution in [2.75, 3.05) is 19.8 Å². The summed E-state index contributed by atoms with van der Waals surface area (Å²) in [5, 5.41) is 17.6. The van der Waals surface area contributed by atoms with Gasteiger partial charge in [0.2, 0.25) is 0 Å². The standard InChI is InChI=1S/C9H20O4.3C3H6/c1-7(11)5-12-9(3)6-13-8(2)4-10;3*1-3-2/h7-11H,4-6H2,1-3H3;3*3H,1H2,2H3. The molecule has 0 fully saturated rings. The minimum Gasteiger partial charge on any atom is -0.394 e. The molecule has 3 unspecified atom stereocenters. The van der Waals surface area contributed by atoms with Crippen LogP contribution in [0.3, 0.4) is 0 Å². The molecule has 0 radical (unpaired) electrons. The molecule has 0 saturated heterocycles. The summed E-state index contributed by atoms with van der Waals surface area (Å²) in [5.41, 5.74) is 0. The van der Waals surface area contributed by atoms with Gasteiger partial charge in [-0.25, -0.2) is 0 Å². The molecule has 0 aliphatic rings. The highest BCUT2D eigenvalue weighted by molar-refractivity contribution is 4.53. The first-order valence-electron chi connectivity index (χ1n) is 7.54. The van der Waals surface area contributed by atoms with E-state index in [0.29, 0.717) is 13.2 Å². The molecule has 134 valence electrons. The Morgan fingerprint density at radius 2 is 1.14 bits per heavy atom. The van der Waals surface area contributed by atoms with Crippen molar-refractivity contribution < 1.29 is 19.7 Å². The summed E-state index contributed by atoms with van der Waals surface area (Å²) < 4.78 is 10.5. The first-order chi connectivity index (χ1) is 10.3. The molecule has 0 rings (SSSR count). The lowest BCUT2D eigenvalue weighted by Crippen LogP contribution is -2.24. The molecule has 0 heterocycles. The van der Waals surface area contributed by atoms with E-state index in [2.05, 4.69) is 19.7 Å². The highest BCUT2D eigenvalue weighted by atomic mass is 16.5. The van der Waals surface area contributed by atoms with Crippen LogP contribution in [0.15, 0.2) is 38.0 Å². The lowest BCUT2D eigenvalue weighted by atomic mass is 10.4. The highest BCUT2D eigenvalue weighted by Gasteiger charge is 2.06. The van der Waals surface area contributed by atoms with Gasteiger partial charge in [-0.15, -0.1) is 19.7 Å². The van der Waals surface area contributed by atoms with Crippen LogP contribution >= 0.6 is 0 Å². The van der Waals surface area contributed by atoms with Gasteiger partial charge in [0.15, 0.2) is 0 Å². The van der Waals surface area contributed by atoms with Gasteiger partial charge in [0, 0.05) is 0 Å². The number of aliphatic hydroxyl groups is 2. The maximum absolute atomic E-state index is 8.92. The molecule has 0 aliphatic carbocycles. The van der Waals surface area contributed by atoms with Gasteiger partial charge >= 0.3 is 0 Å². The molecule has 0 aromatic carbocycles. The van der Waals surface area contributed by atoms with E-state index >= 15 is 0 Å². The van der Waals surface area contributed by atoms with E-state index in [1.807, 2.05) is 27.7 Å². The van der Waals surface area contributed by atoms with Gasteiger partial charge in [0.1, 0.15) is 0 Å². The molecular formula is C18H38O4. The molecule has 0 aromatic heterocycles. The van der Waals surface area contributed by atoms with Crippen molar-refractivity contribution in [2.24, 2.45) is 0 Å². The van der Waals surface area contributed by atoms with E-state index in [-0.39, 0.29) is 18.8 Å². The SMILES string of the molecule is C=CC.C=CC.C=CC.CC(O)COC(C)COC(C)CO. The largest absolute Gasteiger partial charge is 0.394 e. The zero-order chi connectivity index (χ0) is 18.4. The fraction of sp³-hybridized carbons (Fsp3) is 0.667. The molecule has 3 atom stereocenters. The summed E-state index contributed by atoms with van der Waals surface area (Å²) in [6, 6.07) is 0. The molecule has 0 spiro atoms. The molecule has 0 aliphatic heterocycles. The summed E-state index contributed by atoms with van der Waals surface area (Å²) in [5.74, 6) is 0. The lowest BCUT2D eigenvalue weighted by Gasteiger charge is -2.16. The van der Waals surface area contributed by atoms with E-state index in [4.69, 9.17) is 19.7 Å². The van der Waals surface area contributed by atoms with Gasteiger partial charge in [0.05, 0.1) is 38.1 Å². The van der Waals surface area contributed by atoms with Crippen molar-refractivity contribution in [3.8, 4) is 0 Å². The molecule has 22 heavy (non-hydrogen) atoms. The van der Waals surface area contributed by atoms with Crippen LogP contribution in [0.4, 0.5) is 0 Å². The van der Waals surface area contributed by atoms with Crippen molar-refractivity contribution in [3.63, 3.8) is 0 Å². The number of aliphatic hydroxyl groups excluding tert-OH is 2. The number of allylic oxidation sites excluding steroid dienone is 3. The Hall–Kier alpha value is -0.940. The van der Waals surface area contributed by atoms with E-state index in [1.54, 1.807) is 32.1 Å². The number of hydrogen-bond donors (Lipinski definition) is 2. The van der Waals surface area contributed by atoms with Crippen LogP contribution in [0.5, 0.6) is 0 Å². The number of hydrogen-bond acceptors (Lipinski definition) is 4. The number of ether oxygens (including phenoxy) is 2. The second kappa shape index (κ2) is 28.3. The Morgan fingerprint density at radius 1 is 0.818 bits per heavy atom. The minimum atomic E-state index is -0.447. The van der Waals surface area contributed by atoms with Crippen LogP contribution in [0.1, 0.15) is 41.5 Å². The predicted octanol–water partition coefficient (Wildman–Crippen LogP) is 3.75. The van der Waals surface area contributed by atoms with Gasteiger partial charge in [-0.2, -0.15) is 0 Å². The normalized spacial score (nSPS) is 12.5. The molecule has 2 N–H and O–H groups in total. The Kier molecular flexibility index (Phi) is 37.4. The van der Waals surface area contributed by atoms with E-state index < -0.39 is 6.10 Å². The van der Waals surface area contributed by atoms with Crippen LogP contribution < -0.4 is 0 Å². The van der Waals surface area contributed by atoms with E-state index in [0.717, 1.165) is 0 Å². The van der Waals surface area contributed by atoms with Crippen molar-refractivity contribution in [3.05, 3.63) is 38.0 Å². The molecule has 4 heteroatoms. The third-order valence-electron chi connectivity index (χ3n) is 1.49. The Morgan fingerprint density at radius 3 is 1.41 bits per heavy atom. The van der Waals surface area contributed by atoms with Gasteiger partial charge in [0.25, 0.3) is 0 Å². The second-order valence-electron chi connectivity index (χ2n) is 4.54. The third-order valence-corrected chi connectivity index (χ3v) is 1.49. The maximum Gasteiger partial charge on any atom is 0.0781 e. The average Bonchev–Trinajstić information content (AvgIpc) is 2.45. The van der Waals surface area contributed by atoms with Gasteiger partial charge in [-0.1, -0.05) is 18.2 Å². The first-order valence-corrected chi connectivity index (χ1v) is 7.54. The monoisotopic (exact) mass is 318 g/mol. The van der Waals surface area contributed by atoms with Gasteiger partial charge in [-0.3, -0.25) is 0 Å². The van der Waals surface area contributed by atoms with Crippen LogP contribution in [-0.2, 0) is 9.47 Å². The summed E-state index contributed by atoms with van der Waals surface area (Å²) in [4.78, 5) is 0. The molecule has 0 amide bonds. The average molecular weight is 318 g/mol. The van der Waals surface area contributed by atoms with Gasteiger partial charge < -0.3 is 19.7 Å². The molecule has 0 bridgehead atoms. The summed E-state index contributed by atoms with van der Waals surface area (Å²) in [7, 11) is 0. The van der Waals surface area contributed by atoms with E-state index in [9.17, 15) is 0 Å². The Labute approximate surface area is 138 Å². The minimum absolute atomic E-state index is 0.0170. The van der Waals surface area contributed by atoms with Crippen LogP contribution in [-0.4, -0.2) is 48.3 Å². The quantitative estimate of drug-likeness (QED) is 0.702. The molecular weight excluding hydrogens is 280 g/mol. The van der Waals surface area contributed by atoms with Crippen molar-refractivity contribution in [1.82, 2.24) is 0 Å². The predicted molar refractivity (Wildman–Crippen MR) is 97.2 cm³/mol. The Balaban J connectivity index is -0.000000148. The fourth-order valence-electron chi connectivity index (χ4n) is 0.704. The zero-order valence-electron chi connectivity index (χ0n) is 15.4. The lowest BCUT2D eigenvalue weighted by molar-refractivity contribution is -0.0620. The topological polar surface area (TPSA) is 58.9 Å². The molecule has 0 saturated carbocycles. The Bertz CT molecular complexity index is 201. The number of rotatable bonds is 7. The van der Waals surface area contributed by atoms with Crippen molar-refractivity contribution >= 4 is 0 Å². The summed E-state index contributed by atoms with van der Waals surface area (Å²) >= 11 is 0. The van der Waals surface area contributed by atoms with Crippen molar-refractivity contribution in [2.45, 2.75) is 59.9 Å². The molecule has 4 nitrogen and oxygen atoms in total. The maximum atomic E-state index is 8.92. The van der Waals surface area contributed by atoms with Crippen LogP contribution in [0, 0.1) is 0 Å². The summed E-state index contributed by atoms with van der Waals surface area (Å²) in [6.45, 7) is 21.9. The first kappa shape index (κ1) is 29.1. The van der Waals surface area contributed by atoms with Crippen LogP contribution in [0.25, 0.3) is 0 Å². The van der Waals surface area contributed by atoms with Crippen LogP contribution in [0.2, 0.25) is 0 Å². The van der Waals surface area contributed by atoms with E-state index in [1.165, 1.54) is 0 Å². The third kappa shape index (κ3) is 50.8. The zero-order valence-corrected chi connectivity index (χ0v) is 15.4. The second-order valence-corrected chi connectivity index (χ2v) is 4.54. The smallest absolute Gasteiger partial charge is 0.0781 e. The van der Waals surface area contributed by atoms with Gasteiger partial charge in [-0.05, 0) is 41.5 Å². The summed E-state index contributed by atoms with van der Waals surface area (Å²) in [6.07, 6.45) is 4.60. The molecule has 0 aromatic rings.